The van der Waals surface area contributed by atoms with Crippen LogP contribution in [0.1, 0.15) is 10.5 Å². The van der Waals surface area contributed by atoms with E-state index in [2.05, 4.69) is 34.7 Å². The minimum Gasteiger partial charge on any atom is -0.361 e. The van der Waals surface area contributed by atoms with Crippen LogP contribution in [-0.2, 0) is 11.5 Å². The van der Waals surface area contributed by atoms with Gasteiger partial charge in [0, 0.05) is 31.2 Å². The van der Waals surface area contributed by atoms with Gasteiger partial charge in [-0.1, -0.05) is 19.6 Å². The van der Waals surface area contributed by atoms with E-state index in [1.54, 1.807) is 22.9 Å². The lowest BCUT2D eigenvalue weighted by molar-refractivity contribution is 0.0828. The van der Waals surface area contributed by atoms with Crippen LogP contribution in [0.4, 0.5) is 0 Å². The number of amides is 1. The second-order valence-electron chi connectivity index (χ2n) is 6.22. The molecule has 2 aromatic rings. The summed E-state index contributed by atoms with van der Waals surface area (Å²) in [4.78, 5) is 18.7. The molecule has 2 rings (SSSR count). The molecule has 22 heavy (non-hydrogen) atoms. The summed E-state index contributed by atoms with van der Waals surface area (Å²) in [6.45, 7) is 7.68. The van der Waals surface area contributed by atoms with E-state index in [1.165, 1.54) is 0 Å². The van der Waals surface area contributed by atoms with E-state index in [-0.39, 0.29) is 6.73 Å². The maximum atomic E-state index is 11.9. The van der Waals surface area contributed by atoms with Crippen LogP contribution in [0.3, 0.4) is 0 Å². The van der Waals surface area contributed by atoms with Crippen LogP contribution >= 0.6 is 0 Å². The first-order valence-electron chi connectivity index (χ1n) is 7.04. The smallest absolute Gasteiger partial charge is 0.265 e. The Bertz CT molecular complexity index is 728. The molecule has 0 aromatic carbocycles. The molecule has 116 valence electrons. The maximum Gasteiger partial charge on any atom is 0.265 e. The number of carbonyl (C=O) groups excluding carboxylic acids is 1. The van der Waals surface area contributed by atoms with Gasteiger partial charge in [0.15, 0.2) is 0 Å². The summed E-state index contributed by atoms with van der Waals surface area (Å²) in [6.07, 6.45) is 1.66. The van der Waals surface area contributed by atoms with Crippen molar-refractivity contribution in [1.29, 1.82) is 0 Å². The molecular formula is C14H19N5O2Si. The second kappa shape index (κ2) is 6.74. The molecular weight excluding hydrogens is 298 g/mol. The summed E-state index contributed by atoms with van der Waals surface area (Å²) < 4.78 is 7.35. The number of aromatic nitrogens is 2. The first-order chi connectivity index (χ1) is 10.4. The highest BCUT2D eigenvalue weighted by atomic mass is 28.3. The van der Waals surface area contributed by atoms with Gasteiger partial charge in [-0.2, -0.15) is 0 Å². The Morgan fingerprint density at radius 2 is 2.27 bits per heavy atom. The number of fused-ring (bicyclic) bond motifs is 1. The lowest BCUT2D eigenvalue weighted by atomic mass is 10.3. The number of ether oxygens (including phenoxy) is 1. The third kappa shape index (κ3) is 3.94. The highest BCUT2D eigenvalue weighted by molar-refractivity contribution is 6.76. The fourth-order valence-corrected chi connectivity index (χ4v) is 2.78. The molecule has 0 aliphatic carbocycles. The van der Waals surface area contributed by atoms with Gasteiger partial charge in [-0.15, -0.1) is 0 Å². The number of hydrogen-bond donors (Lipinski definition) is 0. The van der Waals surface area contributed by atoms with Gasteiger partial charge in [-0.05, 0) is 34.9 Å². The van der Waals surface area contributed by atoms with Crippen molar-refractivity contribution in [2.45, 2.75) is 32.4 Å². The zero-order chi connectivity index (χ0) is 16.2. The average molecular weight is 317 g/mol. The number of rotatable bonds is 6. The highest BCUT2D eigenvalue weighted by Gasteiger charge is 2.16. The van der Waals surface area contributed by atoms with Crippen LogP contribution in [0, 0.1) is 0 Å². The molecule has 0 aliphatic heterocycles. The summed E-state index contributed by atoms with van der Waals surface area (Å²) in [5.74, 6) is -0.630. The molecule has 8 heteroatoms. The van der Waals surface area contributed by atoms with E-state index in [0.717, 1.165) is 11.4 Å². The lowest BCUT2D eigenvalue weighted by Crippen LogP contribution is -2.22. The Labute approximate surface area is 129 Å². The van der Waals surface area contributed by atoms with Crippen molar-refractivity contribution in [3.8, 4) is 0 Å². The SMILES string of the molecule is C[Si](C)(C)CCOCn1c(C(=O)N=[N+]=[N-])cc2cccnc21. The number of azide groups is 1. The zero-order valence-corrected chi connectivity index (χ0v) is 14.0. The van der Waals surface area contributed by atoms with E-state index in [4.69, 9.17) is 10.3 Å². The van der Waals surface area contributed by atoms with Gasteiger partial charge in [0.1, 0.15) is 12.4 Å². The Kier molecular flexibility index (Phi) is 4.97. The molecule has 0 fully saturated rings. The molecule has 0 unspecified atom stereocenters. The van der Waals surface area contributed by atoms with Crippen LogP contribution in [0.25, 0.3) is 21.5 Å². The monoisotopic (exact) mass is 317 g/mol. The molecule has 0 saturated heterocycles. The predicted molar refractivity (Wildman–Crippen MR) is 87.3 cm³/mol. The molecule has 0 spiro atoms. The summed E-state index contributed by atoms with van der Waals surface area (Å²) in [6, 6.07) is 6.36. The fraction of sp³-hybridized carbons (Fsp3) is 0.429. The molecule has 7 nitrogen and oxygen atoms in total. The van der Waals surface area contributed by atoms with Crippen molar-refractivity contribution in [3.63, 3.8) is 0 Å². The largest absolute Gasteiger partial charge is 0.361 e. The minimum atomic E-state index is -1.16. The van der Waals surface area contributed by atoms with Crippen LogP contribution in [0.15, 0.2) is 29.5 Å². The van der Waals surface area contributed by atoms with Crippen LogP contribution in [0.5, 0.6) is 0 Å². The second-order valence-corrected chi connectivity index (χ2v) is 11.8. The van der Waals surface area contributed by atoms with E-state index < -0.39 is 14.0 Å². The van der Waals surface area contributed by atoms with Crippen molar-refractivity contribution < 1.29 is 9.53 Å². The highest BCUT2D eigenvalue weighted by Crippen LogP contribution is 2.19. The first-order valence-corrected chi connectivity index (χ1v) is 10.7. The topological polar surface area (TPSA) is 92.9 Å². The molecule has 0 bridgehead atoms. The fourth-order valence-electron chi connectivity index (χ4n) is 2.02. The molecule has 2 heterocycles. The van der Waals surface area contributed by atoms with Crippen LogP contribution < -0.4 is 0 Å². The van der Waals surface area contributed by atoms with Crippen molar-refractivity contribution in [3.05, 3.63) is 40.5 Å². The van der Waals surface area contributed by atoms with E-state index in [9.17, 15) is 4.79 Å². The van der Waals surface area contributed by atoms with Crippen molar-refractivity contribution in [2.24, 2.45) is 5.11 Å². The predicted octanol–water partition coefficient (Wildman–Crippen LogP) is 3.80. The summed E-state index contributed by atoms with van der Waals surface area (Å²) >= 11 is 0. The van der Waals surface area contributed by atoms with Crippen LogP contribution in [0.2, 0.25) is 25.7 Å². The lowest BCUT2D eigenvalue weighted by Gasteiger charge is -2.16. The molecule has 0 N–H and O–H groups in total. The van der Waals surface area contributed by atoms with Gasteiger partial charge in [0.05, 0.1) is 5.69 Å². The minimum absolute atomic E-state index is 0.215. The Hall–Kier alpha value is -2.15. The van der Waals surface area contributed by atoms with E-state index in [1.807, 2.05) is 6.07 Å². The van der Waals surface area contributed by atoms with Gasteiger partial charge in [0.25, 0.3) is 5.91 Å². The standard InChI is InChI=1S/C14H19N5O2Si/c1-22(2,3)8-7-21-10-19-12(14(20)17-18-15)9-11-5-4-6-16-13(11)19/h4-6,9H,7-8,10H2,1-3H3. The Balaban J connectivity index is 2.24. The number of hydrogen-bond acceptors (Lipinski definition) is 3. The van der Waals surface area contributed by atoms with Crippen molar-refractivity contribution in [1.82, 2.24) is 9.55 Å². The van der Waals surface area contributed by atoms with Gasteiger partial charge < -0.3 is 4.74 Å². The number of nitrogens with zero attached hydrogens (tertiary/aromatic N) is 5. The van der Waals surface area contributed by atoms with E-state index >= 15 is 0 Å². The zero-order valence-electron chi connectivity index (χ0n) is 13.0. The molecule has 0 radical (unpaired) electrons. The third-order valence-electron chi connectivity index (χ3n) is 3.23. The molecule has 0 saturated carbocycles. The molecule has 2 aromatic heterocycles. The first kappa shape index (κ1) is 16.2. The normalized spacial score (nSPS) is 11.4. The molecule has 0 aliphatic rings. The molecule has 0 atom stereocenters. The number of carbonyl (C=O) groups is 1. The van der Waals surface area contributed by atoms with Crippen molar-refractivity contribution >= 4 is 25.0 Å². The Morgan fingerprint density at radius 1 is 1.50 bits per heavy atom. The third-order valence-corrected chi connectivity index (χ3v) is 4.93. The summed E-state index contributed by atoms with van der Waals surface area (Å²) in [7, 11) is -1.16. The van der Waals surface area contributed by atoms with Crippen molar-refractivity contribution in [2.75, 3.05) is 6.61 Å². The maximum absolute atomic E-state index is 11.9. The van der Waals surface area contributed by atoms with Gasteiger partial charge >= 0.3 is 0 Å². The summed E-state index contributed by atoms with van der Waals surface area (Å²) in [5, 5.41) is 3.98. The average Bonchev–Trinajstić information content (AvgIpc) is 2.82. The molecule has 1 amide bonds. The summed E-state index contributed by atoms with van der Waals surface area (Å²) in [5.41, 5.74) is 9.39. The number of pyridine rings is 1. The van der Waals surface area contributed by atoms with Crippen LogP contribution in [-0.4, -0.2) is 30.1 Å². The van der Waals surface area contributed by atoms with Gasteiger partial charge in [-0.25, -0.2) is 4.98 Å². The quantitative estimate of drug-likeness (QED) is 0.267. The van der Waals surface area contributed by atoms with Gasteiger partial charge in [0.2, 0.25) is 0 Å². The van der Waals surface area contributed by atoms with Gasteiger partial charge in [-0.3, -0.25) is 9.36 Å². The van der Waals surface area contributed by atoms with E-state index in [0.29, 0.717) is 17.9 Å². The Morgan fingerprint density at radius 3 is 2.95 bits per heavy atom.